The Bertz CT molecular complexity index is 570. The van der Waals surface area contributed by atoms with Gasteiger partial charge in [-0.2, -0.15) is 5.10 Å². The molecule has 1 N–H and O–H groups in total. The third kappa shape index (κ3) is 2.24. The van der Waals surface area contributed by atoms with Gasteiger partial charge in [0.05, 0.1) is 18.2 Å². The van der Waals surface area contributed by atoms with Crippen molar-refractivity contribution < 1.29 is 14.7 Å². The molecule has 0 saturated carbocycles. The molecule has 6 nitrogen and oxygen atoms in total. The van der Waals surface area contributed by atoms with Gasteiger partial charge in [-0.05, 0) is 5.56 Å². The molecule has 1 aromatic rings. The molecule has 2 aliphatic heterocycles. The van der Waals surface area contributed by atoms with Crippen molar-refractivity contribution in [1.29, 1.82) is 0 Å². The Hall–Kier alpha value is -2.37. The summed E-state index contributed by atoms with van der Waals surface area (Å²) in [6.07, 6.45) is -0.438. The minimum atomic E-state index is -0.974. The number of amides is 2. The molecule has 0 bridgehead atoms. The smallest absolute Gasteiger partial charge is 0.407 e. The highest BCUT2D eigenvalue weighted by Crippen LogP contribution is 2.25. The van der Waals surface area contributed by atoms with Gasteiger partial charge in [-0.1, -0.05) is 30.3 Å². The van der Waals surface area contributed by atoms with Gasteiger partial charge in [-0.15, -0.1) is 0 Å². The van der Waals surface area contributed by atoms with Crippen LogP contribution in [-0.4, -0.2) is 45.8 Å². The fraction of sp³-hybridized carbons (Fsp3) is 0.357. The van der Waals surface area contributed by atoms with Gasteiger partial charge in [0.15, 0.2) is 0 Å². The van der Waals surface area contributed by atoms with E-state index in [9.17, 15) is 9.59 Å². The largest absolute Gasteiger partial charge is 0.465 e. The van der Waals surface area contributed by atoms with Crippen molar-refractivity contribution in [2.45, 2.75) is 13.0 Å². The molecule has 1 atom stereocenters. The number of rotatable bonds is 2. The van der Waals surface area contributed by atoms with Crippen molar-refractivity contribution in [3.05, 3.63) is 35.9 Å². The summed E-state index contributed by atoms with van der Waals surface area (Å²) in [5, 5.41) is 14.8. The zero-order valence-corrected chi connectivity index (χ0v) is 10.9. The van der Waals surface area contributed by atoms with Crippen molar-refractivity contribution in [3.63, 3.8) is 0 Å². The minimum Gasteiger partial charge on any atom is -0.465 e. The molecule has 2 heterocycles. The average molecular weight is 273 g/mol. The van der Waals surface area contributed by atoms with Gasteiger partial charge in [0, 0.05) is 19.5 Å². The predicted octanol–water partition coefficient (Wildman–Crippen LogP) is 1.38. The van der Waals surface area contributed by atoms with Crippen molar-refractivity contribution in [2.24, 2.45) is 11.0 Å². The molecule has 0 aromatic heterocycles. The van der Waals surface area contributed by atoms with E-state index < -0.39 is 12.0 Å². The highest BCUT2D eigenvalue weighted by Gasteiger charge is 2.40. The number of piperidine rings is 1. The average Bonchev–Trinajstić information content (AvgIpc) is 2.76. The van der Waals surface area contributed by atoms with Crippen LogP contribution in [0.3, 0.4) is 0 Å². The lowest BCUT2D eigenvalue weighted by molar-refractivity contribution is -0.132. The maximum absolute atomic E-state index is 12.3. The van der Waals surface area contributed by atoms with Crippen LogP contribution in [0, 0.1) is 5.92 Å². The number of carboxylic acid groups (broad SMARTS) is 1. The first-order chi connectivity index (χ1) is 9.65. The molecule has 2 amide bonds. The second-order valence-electron chi connectivity index (χ2n) is 5.00. The second-order valence-corrected chi connectivity index (χ2v) is 5.00. The maximum Gasteiger partial charge on any atom is 0.407 e. The second kappa shape index (κ2) is 4.96. The number of hydrogen-bond donors (Lipinski definition) is 1. The Balaban J connectivity index is 1.73. The quantitative estimate of drug-likeness (QED) is 0.884. The topological polar surface area (TPSA) is 73.2 Å². The molecule has 20 heavy (non-hydrogen) atoms. The van der Waals surface area contributed by atoms with Gasteiger partial charge in [0.1, 0.15) is 0 Å². The number of carbonyl (C=O) groups excluding carboxylic acids is 1. The van der Waals surface area contributed by atoms with Crippen molar-refractivity contribution in [1.82, 2.24) is 9.91 Å². The Morgan fingerprint density at radius 3 is 2.80 bits per heavy atom. The molecule has 1 unspecified atom stereocenters. The first-order valence-electron chi connectivity index (χ1n) is 6.55. The zero-order valence-electron chi connectivity index (χ0n) is 10.9. The monoisotopic (exact) mass is 273 g/mol. The molecule has 0 radical (unpaired) electrons. The molecule has 0 spiro atoms. The lowest BCUT2D eigenvalue weighted by Crippen LogP contribution is -2.45. The summed E-state index contributed by atoms with van der Waals surface area (Å²) in [4.78, 5) is 24.6. The number of fused-ring (bicyclic) bond motifs is 1. The predicted molar refractivity (Wildman–Crippen MR) is 72.1 cm³/mol. The maximum atomic E-state index is 12.3. The molecule has 3 rings (SSSR count). The number of hydrogen-bond acceptors (Lipinski definition) is 3. The molecule has 1 fully saturated rings. The van der Waals surface area contributed by atoms with Gasteiger partial charge in [0.2, 0.25) is 0 Å². The van der Waals surface area contributed by atoms with Gasteiger partial charge in [-0.25, -0.2) is 9.80 Å². The fourth-order valence-corrected chi connectivity index (χ4v) is 2.61. The van der Waals surface area contributed by atoms with E-state index in [1.54, 1.807) is 0 Å². The first-order valence-corrected chi connectivity index (χ1v) is 6.55. The molecule has 1 saturated heterocycles. The summed E-state index contributed by atoms with van der Waals surface area (Å²) >= 11 is 0. The molecule has 1 aromatic carbocycles. The molecular formula is C14H15N3O3. The standard InChI is InChI=1S/C14H15N3O3/c18-13-11-9-16(14(19)20)7-6-12(11)15-17(13)8-10-4-2-1-3-5-10/h1-5,11H,6-9H2,(H,19,20). The molecule has 104 valence electrons. The normalized spacial score (nSPS) is 21.7. The van der Waals surface area contributed by atoms with Crippen LogP contribution in [0.5, 0.6) is 0 Å². The van der Waals surface area contributed by atoms with Crippen molar-refractivity contribution in [3.8, 4) is 0 Å². The van der Waals surface area contributed by atoms with E-state index in [1.807, 2.05) is 30.3 Å². The molecule has 0 aliphatic carbocycles. The van der Waals surface area contributed by atoms with Crippen LogP contribution in [0.1, 0.15) is 12.0 Å². The Kier molecular flexibility index (Phi) is 3.14. The van der Waals surface area contributed by atoms with Crippen LogP contribution in [0.4, 0.5) is 4.79 Å². The summed E-state index contributed by atoms with van der Waals surface area (Å²) in [5.74, 6) is -0.502. The van der Waals surface area contributed by atoms with E-state index in [-0.39, 0.29) is 12.5 Å². The van der Waals surface area contributed by atoms with Crippen LogP contribution in [0.25, 0.3) is 0 Å². The van der Waals surface area contributed by atoms with Crippen molar-refractivity contribution in [2.75, 3.05) is 13.1 Å². The number of likely N-dealkylation sites (tertiary alicyclic amines) is 1. The highest BCUT2D eigenvalue weighted by molar-refractivity contribution is 6.09. The number of carbonyl (C=O) groups is 2. The van der Waals surface area contributed by atoms with Gasteiger partial charge < -0.3 is 10.0 Å². The molecule has 6 heteroatoms. The molecular weight excluding hydrogens is 258 g/mol. The third-order valence-corrected chi connectivity index (χ3v) is 3.69. The van der Waals surface area contributed by atoms with Gasteiger partial charge in [-0.3, -0.25) is 4.79 Å². The lowest BCUT2D eigenvalue weighted by atomic mass is 9.96. The van der Waals surface area contributed by atoms with E-state index in [2.05, 4.69) is 5.10 Å². The van der Waals surface area contributed by atoms with Crippen LogP contribution in [0.15, 0.2) is 35.4 Å². The lowest BCUT2D eigenvalue weighted by Gasteiger charge is -2.27. The summed E-state index contributed by atoms with van der Waals surface area (Å²) in [5.41, 5.74) is 1.82. The fourth-order valence-electron chi connectivity index (χ4n) is 2.61. The van der Waals surface area contributed by atoms with E-state index in [0.717, 1.165) is 11.3 Å². The third-order valence-electron chi connectivity index (χ3n) is 3.69. The SMILES string of the molecule is O=C(O)N1CCC2=NN(Cc3ccccc3)C(=O)C2C1. The minimum absolute atomic E-state index is 0.102. The van der Waals surface area contributed by atoms with Crippen LogP contribution < -0.4 is 0 Å². The number of nitrogens with zero attached hydrogens (tertiary/aromatic N) is 3. The first kappa shape index (κ1) is 12.7. The van der Waals surface area contributed by atoms with E-state index in [1.165, 1.54) is 9.91 Å². The number of benzene rings is 1. The highest BCUT2D eigenvalue weighted by atomic mass is 16.4. The van der Waals surface area contributed by atoms with Gasteiger partial charge >= 0.3 is 6.09 Å². The summed E-state index contributed by atoms with van der Waals surface area (Å²) < 4.78 is 0. The van der Waals surface area contributed by atoms with Crippen LogP contribution in [-0.2, 0) is 11.3 Å². The Morgan fingerprint density at radius 2 is 2.10 bits per heavy atom. The summed E-state index contributed by atoms with van der Waals surface area (Å²) in [6.45, 7) is 1.07. The molecule has 2 aliphatic rings. The van der Waals surface area contributed by atoms with Crippen molar-refractivity contribution >= 4 is 17.7 Å². The summed E-state index contributed by atoms with van der Waals surface area (Å²) in [7, 11) is 0. The Labute approximate surface area is 116 Å². The zero-order chi connectivity index (χ0) is 14.1. The van der Waals surface area contributed by atoms with Gasteiger partial charge in [0.25, 0.3) is 5.91 Å². The summed E-state index contributed by atoms with van der Waals surface area (Å²) in [6, 6.07) is 9.65. The van der Waals surface area contributed by atoms with Crippen LogP contribution in [0.2, 0.25) is 0 Å². The van der Waals surface area contributed by atoms with E-state index in [4.69, 9.17) is 5.11 Å². The van der Waals surface area contributed by atoms with E-state index >= 15 is 0 Å². The van der Waals surface area contributed by atoms with Crippen LogP contribution >= 0.6 is 0 Å². The Morgan fingerprint density at radius 1 is 1.35 bits per heavy atom. The van der Waals surface area contributed by atoms with E-state index in [0.29, 0.717) is 19.5 Å². The number of hydrazone groups is 1.